The number of methoxy groups -OCH3 is 1. The molecule has 6 N–H and O–H groups in total. The molecule has 1 aliphatic heterocycles. The molecule has 0 unspecified atom stereocenters. The van der Waals surface area contributed by atoms with Gasteiger partial charge in [-0.15, -0.1) is 0 Å². The van der Waals surface area contributed by atoms with Gasteiger partial charge in [-0.05, 0) is 81.3 Å². The second-order valence-electron chi connectivity index (χ2n) is 11.9. The van der Waals surface area contributed by atoms with Crippen LogP contribution in [0.25, 0.3) is 28.0 Å². The predicted molar refractivity (Wildman–Crippen MR) is 175 cm³/mol. The third-order valence-electron chi connectivity index (χ3n) is 8.32. The fourth-order valence-corrected chi connectivity index (χ4v) is 6.33. The van der Waals surface area contributed by atoms with Gasteiger partial charge in [-0.2, -0.15) is 4.98 Å². The van der Waals surface area contributed by atoms with Crippen LogP contribution < -0.4 is 22.5 Å². The van der Waals surface area contributed by atoms with Crippen LogP contribution in [0.5, 0.6) is 0 Å². The van der Waals surface area contributed by atoms with Crippen LogP contribution in [0.4, 0.5) is 13.2 Å². The number of benzene rings is 2. The largest absolute Gasteiger partial charge is 0.388 e. The Bertz CT molecular complexity index is 1760. The van der Waals surface area contributed by atoms with E-state index < -0.39 is 29.2 Å². The molecule has 3 heterocycles. The molecule has 246 valence electrons. The monoisotopic (exact) mass is 657 g/mol. The molecule has 1 saturated heterocycles. The lowest BCUT2D eigenvalue weighted by Gasteiger charge is -2.31. The molecule has 0 radical (unpaired) electrons. The minimum absolute atomic E-state index is 0.0103. The van der Waals surface area contributed by atoms with E-state index in [0.29, 0.717) is 49.3 Å². The maximum atomic E-state index is 15.5. The lowest BCUT2D eigenvalue weighted by molar-refractivity contribution is 0.176. The molecule has 0 saturated carbocycles. The summed E-state index contributed by atoms with van der Waals surface area (Å²) >= 11 is 6.24. The van der Waals surface area contributed by atoms with Gasteiger partial charge in [0.15, 0.2) is 5.82 Å². The van der Waals surface area contributed by atoms with E-state index in [9.17, 15) is 4.79 Å². The van der Waals surface area contributed by atoms with Crippen molar-refractivity contribution in [2.24, 2.45) is 16.5 Å². The number of aromatic amines is 1. The lowest BCUT2D eigenvalue weighted by atomic mass is 9.91. The number of nitrogens with two attached hydrogens (primary N) is 2. The summed E-state index contributed by atoms with van der Waals surface area (Å²) in [6, 6.07) is 6.61. The van der Waals surface area contributed by atoms with Gasteiger partial charge in [0, 0.05) is 54.5 Å². The molecule has 4 aromatic rings. The van der Waals surface area contributed by atoms with Gasteiger partial charge in [-0.3, -0.25) is 9.56 Å². The molecule has 1 aliphatic rings. The number of aliphatic imine (C=N–C) groups is 1. The highest BCUT2D eigenvalue weighted by molar-refractivity contribution is 6.31. The predicted octanol–water partition coefficient (Wildman–Crippen LogP) is 5.70. The first-order valence-corrected chi connectivity index (χ1v) is 15.8. The standard InChI is InChI=1S/C33H39ClF3N7O2/c1-18(38)40-10-9-22-7-4-8-28(41-22)30-26(35)14-23(15-27(30)36)44-16-20-13-29(42-32(20)43-33(44)45)24-11-19(12-25(34)31(24)37)5-3-6-21(39)17-46-2/h11-16,21-22,28,41H,3-10,17,39H2,1-2H3,(H2,38,40)(H,42,43,45)/t21-,22+,28+/m1/s1. The van der Waals surface area contributed by atoms with Gasteiger partial charge in [0.1, 0.15) is 17.3 Å². The summed E-state index contributed by atoms with van der Waals surface area (Å²) in [4.78, 5) is 24.3. The third kappa shape index (κ3) is 7.80. The number of hydrogen-bond donors (Lipinski definition) is 4. The molecule has 2 aromatic heterocycles. The van der Waals surface area contributed by atoms with Crippen LogP contribution in [0.2, 0.25) is 5.02 Å². The van der Waals surface area contributed by atoms with E-state index in [2.05, 4.69) is 20.3 Å². The van der Waals surface area contributed by atoms with E-state index >= 15 is 13.2 Å². The summed E-state index contributed by atoms with van der Waals surface area (Å²) in [5.41, 5.74) is 12.4. The van der Waals surface area contributed by atoms with E-state index in [1.54, 1.807) is 32.2 Å². The molecule has 0 bridgehead atoms. The first kappa shape index (κ1) is 33.6. The summed E-state index contributed by atoms with van der Waals surface area (Å²) in [6.07, 6.45) is 6.50. The average Bonchev–Trinajstić information content (AvgIpc) is 3.41. The molecule has 46 heavy (non-hydrogen) atoms. The lowest BCUT2D eigenvalue weighted by Crippen LogP contribution is -2.38. The molecule has 0 amide bonds. The SMILES string of the molecule is COC[C@H](N)CCCc1cc(Cl)c(F)c(-c2cc3cn(-c4cc(F)c([C@@H]5CCC[C@@H](CCN=C(C)N)N5)c(F)c4)c(=O)nc3[nH]2)c1. The second-order valence-corrected chi connectivity index (χ2v) is 12.3. The highest BCUT2D eigenvalue weighted by atomic mass is 35.5. The number of amidine groups is 1. The van der Waals surface area contributed by atoms with Crippen LogP contribution in [0.3, 0.4) is 0 Å². The van der Waals surface area contributed by atoms with Crippen LogP contribution in [0, 0.1) is 17.5 Å². The smallest absolute Gasteiger partial charge is 0.354 e. The van der Waals surface area contributed by atoms with Crippen molar-refractivity contribution in [2.45, 2.75) is 70.0 Å². The number of aryl methyl sites for hydroxylation is 1. The molecule has 0 spiro atoms. The van der Waals surface area contributed by atoms with Crippen molar-refractivity contribution >= 4 is 28.5 Å². The van der Waals surface area contributed by atoms with Crippen LogP contribution in [-0.4, -0.2) is 52.7 Å². The number of halogens is 4. The quantitative estimate of drug-likeness (QED) is 0.114. The minimum atomic E-state index is -0.762. The minimum Gasteiger partial charge on any atom is -0.388 e. The number of ether oxygens (including phenoxy) is 1. The van der Waals surface area contributed by atoms with Crippen molar-refractivity contribution in [3.63, 3.8) is 0 Å². The number of hydrogen-bond acceptors (Lipinski definition) is 6. The first-order valence-electron chi connectivity index (χ1n) is 15.4. The van der Waals surface area contributed by atoms with Gasteiger partial charge in [0.05, 0.1) is 28.8 Å². The van der Waals surface area contributed by atoms with Gasteiger partial charge in [-0.25, -0.2) is 18.0 Å². The van der Waals surface area contributed by atoms with E-state index in [-0.39, 0.29) is 39.6 Å². The molecule has 5 rings (SSSR count). The topological polar surface area (TPSA) is 136 Å². The number of H-pyrrole nitrogens is 1. The number of aromatic nitrogens is 3. The molecular formula is C33H39ClF3N7O2. The molecule has 3 atom stereocenters. The van der Waals surface area contributed by atoms with Crippen molar-refractivity contribution < 1.29 is 17.9 Å². The van der Waals surface area contributed by atoms with Crippen LogP contribution in [0.1, 0.15) is 62.6 Å². The summed E-state index contributed by atoms with van der Waals surface area (Å²) in [5.74, 6) is -1.65. The van der Waals surface area contributed by atoms with E-state index in [4.69, 9.17) is 27.8 Å². The maximum Gasteiger partial charge on any atom is 0.354 e. The Labute approximate surface area is 270 Å². The van der Waals surface area contributed by atoms with Gasteiger partial charge in [0.25, 0.3) is 0 Å². The Hall–Kier alpha value is -3.71. The van der Waals surface area contributed by atoms with Crippen LogP contribution in [-0.2, 0) is 11.2 Å². The fourth-order valence-electron chi connectivity index (χ4n) is 6.09. The number of nitrogens with zero attached hydrogens (tertiary/aromatic N) is 3. The van der Waals surface area contributed by atoms with Crippen molar-refractivity contribution in [3.05, 3.63) is 80.6 Å². The zero-order valence-corrected chi connectivity index (χ0v) is 26.6. The Morgan fingerprint density at radius 2 is 1.96 bits per heavy atom. The average molecular weight is 658 g/mol. The van der Waals surface area contributed by atoms with Crippen molar-refractivity contribution in [1.82, 2.24) is 19.9 Å². The van der Waals surface area contributed by atoms with Crippen LogP contribution >= 0.6 is 11.6 Å². The normalized spacial score (nSPS) is 17.9. The molecule has 0 aliphatic carbocycles. The molecule has 13 heteroatoms. The summed E-state index contributed by atoms with van der Waals surface area (Å²) in [6.45, 7) is 2.70. The summed E-state index contributed by atoms with van der Waals surface area (Å²) in [5, 5.41) is 3.75. The Morgan fingerprint density at radius 1 is 1.20 bits per heavy atom. The van der Waals surface area contributed by atoms with Gasteiger partial charge in [0.2, 0.25) is 0 Å². The maximum absolute atomic E-state index is 15.5. The molecule has 2 aromatic carbocycles. The Kier molecular flexibility index (Phi) is 10.8. The van der Waals surface area contributed by atoms with Gasteiger partial charge in [-0.1, -0.05) is 18.0 Å². The third-order valence-corrected chi connectivity index (χ3v) is 8.59. The number of piperidine rings is 1. The highest BCUT2D eigenvalue weighted by Crippen LogP contribution is 2.33. The number of nitrogens with one attached hydrogen (secondary N) is 2. The van der Waals surface area contributed by atoms with E-state index in [1.807, 2.05) is 0 Å². The molecule has 9 nitrogen and oxygen atoms in total. The van der Waals surface area contributed by atoms with E-state index in [1.165, 1.54) is 6.20 Å². The van der Waals surface area contributed by atoms with Crippen LogP contribution in [0.15, 0.2) is 46.3 Å². The Balaban J connectivity index is 1.39. The van der Waals surface area contributed by atoms with Gasteiger partial charge < -0.3 is 26.5 Å². The second kappa shape index (κ2) is 14.8. The Morgan fingerprint density at radius 3 is 2.67 bits per heavy atom. The van der Waals surface area contributed by atoms with Gasteiger partial charge >= 0.3 is 5.69 Å². The van der Waals surface area contributed by atoms with Crippen molar-refractivity contribution in [3.8, 4) is 16.9 Å². The van der Waals surface area contributed by atoms with Crippen molar-refractivity contribution in [1.29, 1.82) is 0 Å². The highest BCUT2D eigenvalue weighted by Gasteiger charge is 2.27. The molecule has 1 fully saturated rings. The zero-order valence-electron chi connectivity index (χ0n) is 25.9. The van der Waals surface area contributed by atoms with E-state index in [0.717, 1.165) is 47.9 Å². The summed E-state index contributed by atoms with van der Waals surface area (Å²) in [7, 11) is 1.60. The fraction of sp³-hybridized carbons (Fsp3) is 0.424. The van der Waals surface area contributed by atoms with Crippen molar-refractivity contribution in [2.75, 3.05) is 20.3 Å². The number of fused-ring (bicyclic) bond motifs is 1. The first-order chi connectivity index (χ1) is 22.0. The zero-order chi connectivity index (χ0) is 33.0. The summed E-state index contributed by atoms with van der Waals surface area (Å²) < 4.78 is 52.3. The number of rotatable bonds is 12. The molecular weight excluding hydrogens is 619 g/mol.